The Morgan fingerprint density at radius 1 is 0.960 bits per heavy atom. The summed E-state index contributed by atoms with van der Waals surface area (Å²) in [5.74, 6) is -1.20. The molecule has 2 aromatic carbocycles. The zero-order chi connectivity index (χ0) is 17.6. The predicted molar refractivity (Wildman–Crippen MR) is 97.9 cm³/mol. The third-order valence-corrected chi connectivity index (χ3v) is 4.72. The van der Waals surface area contributed by atoms with Gasteiger partial charge in [-0.15, -0.1) is 0 Å². The standard InChI is InChI=1S/C21H24N2O2/c1-15(18-12-11-17-9-5-6-10-19(17)13-18)23-21(25)20(24)22-14-16-7-3-2-4-8-16/h2-4,7-8,11-13,15H,5-6,9-10,14H2,1H3,(H,22,24)(H,23,25). The van der Waals surface area contributed by atoms with Crippen LogP contribution in [-0.4, -0.2) is 11.8 Å². The highest BCUT2D eigenvalue weighted by Crippen LogP contribution is 2.24. The lowest BCUT2D eigenvalue weighted by Crippen LogP contribution is -2.40. The second kappa shape index (κ2) is 7.97. The maximum Gasteiger partial charge on any atom is 0.309 e. The van der Waals surface area contributed by atoms with Gasteiger partial charge in [0.05, 0.1) is 6.04 Å². The zero-order valence-electron chi connectivity index (χ0n) is 14.5. The highest BCUT2D eigenvalue weighted by Gasteiger charge is 2.18. The van der Waals surface area contributed by atoms with Crippen LogP contribution in [-0.2, 0) is 29.0 Å². The van der Waals surface area contributed by atoms with Crippen molar-refractivity contribution in [1.82, 2.24) is 10.6 Å². The SMILES string of the molecule is CC(NC(=O)C(=O)NCc1ccccc1)c1ccc2c(c1)CCCC2. The molecule has 0 bridgehead atoms. The topological polar surface area (TPSA) is 58.2 Å². The molecule has 0 saturated carbocycles. The summed E-state index contributed by atoms with van der Waals surface area (Å²) in [6, 6.07) is 15.7. The molecular weight excluding hydrogens is 312 g/mol. The molecule has 1 aliphatic carbocycles. The van der Waals surface area contributed by atoms with E-state index in [2.05, 4.69) is 28.8 Å². The molecule has 25 heavy (non-hydrogen) atoms. The van der Waals surface area contributed by atoms with E-state index in [4.69, 9.17) is 0 Å². The van der Waals surface area contributed by atoms with E-state index in [1.807, 2.05) is 37.3 Å². The minimum Gasteiger partial charge on any atom is -0.344 e. The van der Waals surface area contributed by atoms with Crippen LogP contribution >= 0.6 is 0 Å². The fourth-order valence-electron chi connectivity index (χ4n) is 3.23. The highest BCUT2D eigenvalue weighted by molar-refractivity contribution is 6.35. The summed E-state index contributed by atoms with van der Waals surface area (Å²) in [6.07, 6.45) is 4.71. The van der Waals surface area contributed by atoms with Gasteiger partial charge in [0.15, 0.2) is 0 Å². The number of hydrogen-bond acceptors (Lipinski definition) is 2. The van der Waals surface area contributed by atoms with Crippen LogP contribution in [0.4, 0.5) is 0 Å². The third kappa shape index (κ3) is 4.47. The molecule has 0 saturated heterocycles. The molecule has 0 radical (unpaired) electrons. The Bertz CT molecular complexity index is 756. The molecule has 0 aliphatic heterocycles. The molecule has 3 rings (SSSR count). The summed E-state index contributed by atoms with van der Waals surface area (Å²) in [5.41, 5.74) is 4.80. The maximum atomic E-state index is 12.1. The number of aryl methyl sites for hydroxylation is 2. The second-order valence-corrected chi connectivity index (χ2v) is 6.60. The molecule has 1 unspecified atom stereocenters. The number of hydrogen-bond donors (Lipinski definition) is 2. The number of amides is 2. The first kappa shape index (κ1) is 17.2. The van der Waals surface area contributed by atoms with Crippen molar-refractivity contribution in [2.45, 2.75) is 45.2 Å². The number of fused-ring (bicyclic) bond motifs is 1. The van der Waals surface area contributed by atoms with Gasteiger partial charge in [-0.1, -0.05) is 48.5 Å². The van der Waals surface area contributed by atoms with Gasteiger partial charge in [-0.2, -0.15) is 0 Å². The molecule has 2 aromatic rings. The van der Waals surface area contributed by atoms with Crippen LogP contribution in [0, 0.1) is 0 Å². The summed E-state index contributed by atoms with van der Waals surface area (Å²) in [4.78, 5) is 24.1. The summed E-state index contributed by atoms with van der Waals surface area (Å²) in [6.45, 7) is 2.26. The summed E-state index contributed by atoms with van der Waals surface area (Å²) in [7, 11) is 0. The smallest absolute Gasteiger partial charge is 0.309 e. The van der Waals surface area contributed by atoms with Crippen molar-refractivity contribution < 1.29 is 9.59 Å². The molecule has 2 amide bonds. The summed E-state index contributed by atoms with van der Waals surface area (Å²) in [5, 5.41) is 5.44. The van der Waals surface area contributed by atoms with Crippen LogP contribution in [0.3, 0.4) is 0 Å². The number of nitrogens with one attached hydrogen (secondary N) is 2. The van der Waals surface area contributed by atoms with Crippen molar-refractivity contribution in [3.05, 3.63) is 70.8 Å². The normalized spacial score (nSPS) is 14.3. The first-order valence-electron chi connectivity index (χ1n) is 8.88. The van der Waals surface area contributed by atoms with Crippen molar-refractivity contribution >= 4 is 11.8 Å². The van der Waals surface area contributed by atoms with Crippen LogP contribution in [0.5, 0.6) is 0 Å². The first-order chi connectivity index (χ1) is 12.1. The van der Waals surface area contributed by atoms with E-state index in [0.717, 1.165) is 24.0 Å². The van der Waals surface area contributed by atoms with Gasteiger partial charge in [0, 0.05) is 6.54 Å². The van der Waals surface area contributed by atoms with Crippen LogP contribution in [0.15, 0.2) is 48.5 Å². The lowest BCUT2D eigenvalue weighted by atomic mass is 9.89. The molecule has 0 heterocycles. The van der Waals surface area contributed by atoms with Crippen molar-refractivity contribution in [2.24, 2.45) is 0 Å². The van der Waals surface area contributed by atoms with Crippen LogP contribution in [0.25, 0.3) is 0 Å². The minimum atomic E-state index is -0.603. The predicted octanol–water partition coefficient (Wildman–Crippen LogP) is 3.06. The first-order valence-corrected chi connectivity index (χ1v) is 8.88. The lowest BCUT2D eigenvalue weighted by molar-refractivity contribution is -0.139. The van der Waals surface area contributed by atoms with Crippen molar-refractivity contribution in [3.8, 4) is 0 Å². The molecule has 1 aliphatic rings. The maximum absolute atomic E-state index is 12.1. The second-order valence-electron chi connectivity index (χ2n) is 6.60. The summed E-state index contributed by atoms with van der Waals surface area (Å²) < 4.78 is 0. The van der Waals surface area contributed by atoms with Crippen LogP contribution in [0.2, 0.25) is 0 Å². The fraction of sp³-hybridized carbons (Fsp3) is 0.333. The van der Waals surface area contributed by atoms with Gasteiger partial charge in [0.25, 0.3) is 0 Å². The summed E-state index contributed by atoms with van der Waals surface area (Å²) >= 11 is 0. The Morgan fingerprint density at radius 3 is 2.44 bits per heavy atom. The largest absolute Gasteiger partial charge is 0.344 e. The molecule has 0 aromatic heterocycles. The molecule has 4 heteroatoms. The van der Waals surface area contributed by atoms with Crippen LogP contribution in [0.1, 0.15) is 48.1 Å². The van der Waals surface area contributed by atoms with Crippen molar-refractivity contribution in [2.75, 3.05) is 0 Å². The van der Waals surface area contributed by atoms with E-state index in [1.54, 1.807) is 0 Å². The van der Waals surface area contributed by atoms with Crippen molar-refractivity contribution in [1.29, 1.82) is 0 Å². The van der Waals surface area contributed by atoms with E-state index >= 15 is 0 Å². The molecular formula is C21H24N2O2. The van der Waals surface area contributed by atoms with Gasteiger partial charge in [0.2, 0.25) is 0 Å². The average Bonchev–Trinajstić information content (AvgIpc) is 2.66. The van der Waals surface area contributed by atoms with E-state index < -0.39 is 11.8 Å². The average molecular weight is 336 g/mol. The minimum absolute atomic E-state index is 0.192. The molecule has 0 fully saturated rings. The van der Waals surface area contributed by atoms with Gasteiger partial charge in [0.1, 0.15) is 0 Å². The molecule has 0 spiro atoms. The quantitative estimate of drug-likeness (QED) is 0.843. The molecule has 2 N–H and O–H groups in total. The van der Waals surface area contributed by atoms with Gasteiger partial charge in [-0.05, 0) is 54.9 Å². The number of carbonyl (C=O) groups is 2. The molecule has 130 valence electrons. The van der Waals surface area contributed by atoms with Gasteiger partial charge in [-0.25, -0.2) is 0 Å². The fourth-order valence-corrected chi connectivity index (χ4v) is 3.23. The molecule has 1 atom stereocenters. The monoisotopic (exact) mass is 336 g/mol. The Labute approximate surface area is 148 Å². The number of benzene rings is 2. The Kier molecular flexibility index (Phi) is 5.49. The van der Waals surface area contributed by atoms with Crippen LogP contribution < -0.4 is 10.6 Å². The Morgan fingerprint density at radius 2 is 1.68 bits per heavy atom. The van der Waals surface area contributed by atoms with Gasteiger partial charge < -0.3 is 10.6 Å². The number of carbonyl (C=O) groups excluding carboxylic acids is 2. The van der Waals surface area contributed by atoms with Gasteiger partial charge >= 0.3 is 11.8 Å². The molecule has 4 nitrogen and oxygen atoms in total. The lowest BCUT2D eigenvalue weighted by Gasteiger charge is -2.20. The highest BCUT2D eigenvalue weighted by atomic mass is 16.2. The third-order valence-electron chi connectivity index (χ3n) is 4.72. The number of rotatable bonds is 4. The van der Waals surface area contributed by atoms with E-state index in [1.165, 1.54) is 24.0 Å². The van der Waals surface area contributed by atoms with E-state index in [9.17, 15) is 9.59 Å². The van der Waals surface area contributed by atoms with E-state index in [-0.39, 0.29) is 6.04 Å². The Hall–Kier alpha value is -2.62. The Balaban J connectivity index is 1.55. The van der Waals surface area contributed by atoms with Crippen molar-refractivity contribution in [3.63, 3.8) is 0 Å². The van der Waals surface area contributed by atoms with Gasteiger partial charge in [-0.3, -0.25) is 9.59 Å². The zero-order valence-corrected chi connectivity index (χ0v) is 14.5. The van der Waals surface area contributed by atoms with E-state index in [0.29, 0.717) is 6.54 Å².